The van der Waals surface area contributed by atoms with Crippen LogP contribution in [0.2, 0.25) is 0 Å². The summed E-state index contributed by atoms with van der Waals surface area (Å²) in [6.07, 6.45) is 4.61. The van der Waals surface area contributed by atoms with Gasteiger partial charge in [0.2, 0.25) is 0 Å². The van der Waals surface area contributed by atoms with E-state index >= 15 is 0 Å². The van der Waals surface area contributed by atoms with Gasteiger partial charge in [0, 0.05) is 28.9 Å². The molecular weight excluding hydrogens is 284 g/mol. The Bertz CT molecular complexity index is 639. The fourth-order valence-corrected chi connectivity index (χ4v) is 3.49. The van der Waals surface area contributed by atoms with E-state index in [1.807, 2.05) is 0 Å². The van der Waals surface area contributed by atoms with Crippen LogP contribution >= 0.6 is 0 Å². The van der Waals surface area contributed by atoms with Crippen molar-refractivity contribution in [3.8, 4) is 0 Å². The van der Waals surface area contributed by atoms with Crippen molar-refractivity contribution in [2.24, 2.45) is 0 Å². The molecule has 4 heteroatoms. The van der Waals surface area contributed by atoms with Gasteiger partial charge in [-0.2, -0.15) is 0 Å². The molecule has 23 heavy (non-hydrogen) atoms. The zero-order chi connectivity index (χ0) is 17.4. The summed E-state index contributed by atoms with van der Waals surface area (Å²) in [5, 5.41) is 14.7. The van der Waals surface area contributed by atoms with Gasteiger partial charge in [-0.15, -0.1) is 0 Å². The van der Waals surface area contributed by atoms with E-state index in [4.69, 9.17) is 10.4 Å². The highest BCUT2D eigenvalue weighted by Gasteiger charge is 2.33. The lowest BCUT2D eigenvalue weighted by Crippen LogP contribution is -2.53. The normalized spacial score (nSPS) is 19.4. The molecule has 1 aliphatic rings. The van der Waals surface area contributed by atoms with Gasteiger partial charge in [-0.1, -0.05) is 6.08 Å². The second-order valence-corrected chi connectivity index (χ2v) is 8.11. The van der Waals surface area contributed by atoms with Gasteiger partial charge in [0.1, 0.15) is 5.82 Å². The van der Waals surface area contributed by atoms with Crippen LogP contribution in [-0.4, -0.2) is 28.3 Å². The highest BCUT2D eigenvalue weighted by atomic mass is 15.0. The van der Waals surface area contributed by atoms with Gasteiger partial charge in [0.15, 0.2) is 0 Å². The molecule has 0 aromatic carbocycles. The molecule has 0 bridgehead atoms. The lowest BCUT2D eigenvalue weighted by atomic mass is 9.82. The first-order valence-corrected chi connectivity index (χ1v) is 8.33. The van der Waals surface area contributed by atoms with Crippen LogP contribution in [0.15, 0.2) is 12.1 Å². The van der Waals surface area contributed by atoms with Crippen LogP contribution in [0.1, 0.15) is 64.8 Å². The molecule has 2 heterocycles. The first-order valence-electron chi connectivity index (χ1n) is 8.33. The quantitative estimate of drug-likeness (QED) is 0.732. The molecule has 0 saturated heterocycles. The van der Waals surface area contributed by atoms with Crippen molar-refractivity contribution in [1.82, 2.24) is 10.3 Å². The largest absolute Gasteiger partial charge is 0.367 e. The minimum Gasteiger partial charge on any atom is -0.367 e. The van der Waals surface area contributed by atoms with Crippen molar-refractivity contribution >= 4 is 17.6 Å². The van der Waals surface area contributed by atoms with E-state index in [0.717, 1.165) is 29.1 Å². The zero-order valence-electron chi connectivity index (χ0n) is 15.5. The number of nitrogens with zero attached hydrogens (tertiary/aromatic N) is 1. The smallest absolute Gasteiger partial charge is 0.135 e. The second-order valence-electron chi connectivity index (χ2n) is 8.11. The highest BCUT2D eigenvalue weighted by Crippen LogP contribution is 2.34. The standard InChI is InChI=1S/C19H30N4/c1-12(2)21-17-15(11-20)13(3)8-16(22-17)14-9-18(4,5)23-19(6,7)10-14/h8-9,11-12,20,23H,10H2,1-7H3,(H,21,22). The average Bonchev–Trinajstić information content (AvgIpc) is 2.33. The van der Waals surface area contributed by atoms with Crippen molar-refractivity contribution in [3.05, 3.63) is 29.0 Å². The van der Waals surface area contributed by atoms with E-state index in [2.05, 4.69) is 71.2 Å². The highest BCUT2D eigenvalue weighted by molar-refractivity contribution is 5.87. The molecule has 0 spiro atoms. The van der Waals surface area contributed by atoms with Crippen LogP contribution in [0, 0.1) is 12.3 Å². The van der Waals surface area contributed by atoms with Crippen LogP contribution in [0.4, 0.5) is 5.82 Å². The number of hydrogen-bond acceptors (Lipinski definition) is 4. The minimum atomic E-state index is -0.0570. The summed E-state index contributed by atoms with van der Waals surface area (Å²) in [5.74, 6) is 0.806. The Morgan fingerprint density at radius 3 is 2.48 bits per heavy atom. The lowest BCUT2D eigenvalue weighted by molar-refractivity contribution is 0.297. The second kappa shape index (κ2) is 6.08. The molecule has 0 fully saturated rings. The topological polar surface area (TPSA) is 60.8 Å². The fourth-order valence-electron chi connectivity index (χ4n) is 3.49. The summed E-state index contributed by atoms with van der Waals surface area (Å²) in [5.41, 5.74) is 4.22. The number of rotatable bonds is 4. The fraction of sp³-hybridized carbons (Fsp3) is 0.579. The van der Waals surface area contributed by atoms with Crippen LogP contribution in [0.5, 0.6) is 0 Å². The molecule has 2 rings (SSSR count). The Morgan fingerprint density at radius 2 is 1.96 bits per heavy atom. The van der Waals surface area contributed by atoms with Crippen LogP contribution in [-0.2, 0) is 0 Å². The van der Waals surface area contributed by atoms with E-state index in [0.29, 0.717) is 0 Å². The van der Waals surface area contributed by atoms with E-state index < -0.39 is 0 Å². The lowest BCUT2D eigenvalue weighted by Gasteiger charge is -2.41. The number of nitrogens with one attached hydrogen (secondary N) is 3. The first kappa shape index (κ1) is 17.7. The Balaban J connectivity index is 2.53. The predicted octanol–water partition coefficient (Wildman–Crippen LogP) is 4.14. The summed E-state index contributed by atoms with van der Waals surface area (Å²) in [6.45, 7) is 15.1. The molecule has 0 unspecified atom stereocenters. The van der Waals surface area contributed by atoms with Crippen molar-refractivity contribution in [3.63, 3.8) is 0 Å². The maximum absolute atomic E-state index is 7.68. The van der Waals surface area contributed by atoms with Gasteiger partial charge in [0.25, 0.3) is 0 Å². The maximum Gasteiger partial charge on any atom is 0.135 e. The van der Waals surface area contributed by atoms with Gasteiger partial charge in [-0.25, -0.2) is 4.98 Å². The van der Waals surface area contributed by atoms with Crippen LogP contribution in [0.25, 0.3) is 5.57 Å². The summed E-state index contributed by atoms with van der Waals surface area (Å²) < 4.78 is 0. The van der Waals surface area contributed by atoms with Gasteiger partial charge < -0.3 is 16.0 Å². The SMILES string of the molecule is Cc1cc(C2=CC(C)(C)NC(C)(C)C2)nc(NC(C)C)c1C=N. The molecule has 126 valence electrons. The molecule has 1 aromatic rings. The van der Waals surface area contributed by atoms with Crippen molar-refractivity contribution in [2.45, 2.75) is 72.0 Å². The van der Waals surface area contributed by atoms with Crippen molar-refractivity contribution in [2.75, 3.05) is 5.32 Å². The molecule has 0 radical (unpaired) electrons. The minimum absolute atomic E-state index is 0.0367. The van der Waals surface area contributed by atoms with Gasteiger partial charge in [-0.05, 0) is 72.1 Å². The number of aromatic nitrogens is 1. The van der Waals surface area contributed by atoms with Crippen molar-refractivity contribution < 1.29 is 0 Å². The molecule has 0 saturated carbocycles. The van der Waals surface area contributed by atoms with E-state index in [-0.39, 0.29) is 17.1 Å². The average molecular weight is 314 g/mol. The molecule has 0 atom stereocenters. The summed E-state index contributed by atoms with van der Waals surface area (Å²) in [7, 11) is 0. The van der Waals surface area contributed by atoms with Crippen LogP contribution < -0.4 is 10.6 Å². The maximum atomic E-state index is 7.68. The Labute approximate surface area is 140 Å². The Hall–Kier alpha value is -1.68. The number of aryl methyl sites for hydroxylation is 1. The summed E-state index contributed by atoms with van der Waals surface area (Å²) in [6, 6.07) is 2.39. The third-order valence-corrected chi connectivity index (χ3v) is 3.99. The van der Waals surface area contributed by atoms with Crippen LogP contribution in [0.3, 0.4) is 0 Å². The van der Waals surface area contributed by atoms with Gasteiger partial charge in [-0.3, -0.25) is 0 Å². The third-order valence-electron chi connectivity index (χ3n) is 3.99. The molecular formula is C19H30N4. The predicted molar refractivity (Wildman–Crippen MR) is 99.5 cm³/mol. The number of pyridine rings is 1. The van der Waals surface area contributed by atoms with Gasteiger partial charge in [0.05, 0.1) is 5.69 Å². The Kier molecular flexibility index (Phi) is 4.67. The zero-order valence-corrected chi connectivity index (χ0v) is 15.5. The van der Waals surface area contributed by atoms with E-state index in [9.17, 15) is 0 Å². The van der Waals surface area contributed by atoms with E-state index in [1.165, 1.54) is 11.8 Å². The monoisotopic (exact) mass is 314 g/mol. The van der Waals surface area contributed by atoms with Crippen molar-refractivity contribution in [1.29, 1.82) is 5.41 Å². The summed E-state index contributed by atoms with van der Waals surface area (Å²) in [4.78, 5) is 4.84. The molecule has 4 nitrogen and oxygen atoms in total. The number of anilines is 1. The first-order chi connectivity index (χ1) is 10.5. The molecule has 3 N–H and O–H groups in total. The molecule has 1 aliphatic heterocycles. The molecule has 1 aromatic heterocycles. The Morgan fingerprint density at radius 1 is 1.30 bits per heavy atom. The molecule has 0 aliphatic carbocycles. The molecule has 0 amide bonds. The number of hydrogen-bond donors (Lipinski definition) is 3. The third kappa shape index (κ3) is 4.20. The van der Waals surface area contributed by atoms with E-state index in [1.54, 1.807) is 0 Å². The summed E-state index contributed by atoms with van der Waals surface area (Å²) >= 11 is 0. The van der Waals surface area contributed by atoms with Gasteiger partial charge >= 0.3 is 0 Å².